The van der Waals surface area contributed by atoms with Gasteiger partial charge in [0.2, 0.25) is 5.89 Å². The Morgan fingerprint density at radius 1 is 0.667 bits per heavy atom. The van der Waals surface area contributed by atoms with Gasteiger partial charge in [-0.15, -0.1) is 0 Å². The molecule has 24 heavy (non-hydrogen) atoms. The van der Waals surface area contributed by atoms with Gasteiger partial charge in [0.25, 0.3) is 0 Å². The smallest absolute Gasteiger partial charge is 0.228 e. The highest BCUT2D eigenvalue weighted by Gasteiger charge is 2.16. The van der Waals surface area contributed by atoms with Gasteiger partial charge in [0.1, 0.15) is 5.52 Å². The molecule has 0 aliphatic heterocycles. The van der Waals surface area contributed by atoms with Crippen molar-refractivity contribution in [3.63, 3.8) is 0 Å². The van der Waals surface area contributed by atoms with Gasteiger partial charge in [-0.1, -0.05) is 72.3 Å². The summed E-state index contributed by atoms with van der Waals surface area (Å²) in [4.78, 5) is 4.77. The van der Waals surface area contributed by atoms with Crippen molar-refractivity contribution in [2.45, 2.75) is 0 Å². The number of fused-ring (bicyclic) bond motifs is 6. The molecule has 1 aromatic heterocycles. The normalized spacial score (nSPS) is 11.5. The van der Waals surface area contributed by atoms with Crippen molar-refractivity contribution < 1.29 is 4.42 Å². The first-order valence-electron chi connectivity index (χ1n) is 7.78. The Balaban J connectivity index is 1.98. The van der Waals surface area contributed by atoms with E-state index in [0.717, 1.165) is 27.4 Å². The molecule has 3 heteroatoms. The lowest BCUT2D eigenvalue weighted by Crippen LogP contribution is -1.81. The van der Waals surface area contributed by atoms with E-state index in [1.807, 2.05) is 42.5 Å². The van der Waals surface area contributed by atoms with E-state index in [0.29, 0.717) is 10.9 Å². The lowest BCUT2D eigenvalue weighted by atomic mass is 10.0. The Morgan fingerprint density at radius 3 is 2.00 bits per heavy atom. The van der Waals surface area contributed by atoms with Crippen molar-refractivity contribution >= 4 is 44.2 Å². The fourth-order valence-corrected chi connectivity index (χ4v) is 3.49. The van der Waals surface area contributed by atoms with Crippen LogP contribution in [0, 0.1) is 0 Å². The fourth-order valence-electron chi connectivity index (χ4n) is 3.28. The minimum atomic E-state index is 0.553. The third-order valence-corrected chi connectivity index (χ3v) is 4.71. The predicted molar refractivity (Wildman–Crippen MR) is 99.5 cm³/mol. The van der Waals surface area contributed by atoms with E-state index >= 15 is 0 Å². The average molecular weight is 330 g/mol. The number of halogens is 1. The molecule has 0 amide bonds. The number of hydrogen-bond acceptors (Lipinski definition) is 2. The number of aromatic nitrogens is 1. The van der Waals surface area contributed by atoms with E-state index in [1.54, 1.807) is 0 Å². The Morgan fingerprint density at radius 2 is 1.25 bits per heavy atom. The molecule has 0 aliphatic rings. The molecule has 0 saturated carbocycles. The Labute approximate surface area is 143 Å². The maximum Gasteiger partial charge on any atom is 0.228 e. The molecule has 0 aliphatic carbocycles. The molecule has 1 heterocycles. The van der Waals surface area contributed by atoms with E-state index < -0.39 is 0 Å². The van der Waals surface area contributed by atoms with Crippen LogP contribution in [-0.4, -0.2) is 4.98 Å². The van der Waals surface area contributed by atoms with Gasteiger partial charge in [-0.2, -0.15) is 0 Å². The summed E-state index contributed by atoms with van der Waals surface area (Å²) in [7, 11) is 0. The Kier molecular flexibility index (Phi) is 2.88. The zero-order valence-electron chi connectivity index (χ0n) is 12.7. The molecule has 0 fully saturated rings. The second-order valence-electron chi connectivity index (χ2n) is 5.77. The molecule has 5 aromatic rings. The van der Waals surface area contributed by atoms with E-state index in [-0.39, 0.29) is 0 Å². The summed E-state index contributed by atoms with van der Waals surface area (Å²) in [5.74, 6) is 0.553. The maximum atomic E-state index is 6.32. The first kappa shape index (κ1) is 13.6. The second kappa shape index (κ2) is 5.08. The minimum Gasteiger partial charge on any atom is -0.435 e. The minimum absolute atomic E-state index is 0.553. The summed E-state index contributed by atoms with van der Waals surface area (Å²) >= 11 is 6.32. The summed E-state index contributed by atoms with van der Waals surface area (Å²) in [6.07, 6.45) is 0. The SMILES string of the molecule is Clc1ccccc1-c1nc2c3ccccc3c3ccccc3c2o1. The van der Waals surface area contributed by atoms with Gasteiger partial charge in [-0.3, -0.25) is 0 Å². The zero-order valence-corrected chi connectivity index (χ0v) is 13.4. The predicted octanol–water partition coefficient (Wildman–Crippen LogP) is 6.45. The zero-order chi connectivity index (χ0) is 16.1. The first-order valence-corrected chi connectivity index (χ1v) is 8.15. The topological polar surface area (TPSA) is 26.0 Å². The Hall–Kier alpha value is -2.84. The van der Waals surface area contributed by atoms with Gasteiger partial charge >= 0.3 is 0 Å². The summed E-state index contributed by atoms with van der Waals surface area (Å²) in [6, 6.07) is 24.2. The number of hydrogen-bond donors (Lipinski definition) is 0. The van der Waals surface area contributed by atoms with Crippen LogP contribution in [0.5, 0.6) is 0 Å². The molecule has 2 nitrogen and oxygen atoms in total. The van der Waals surface area contributed by atoms with Gasteiger partial charge in [0, 0.05) is 10.8 Å². The van der Waals surface area contributed by atoms with Crippen LogP contribution in [0.4, 0.5) is 0 Å². The molecule has 5 rings (SSSR count). The van der Waals surface area contributed by atoms with Crippen LogP contribution in [0.3, 0.4) is 0 Å². The van der Waals surface area contributed by atoms with Crippen LogP contribution in [0.25, 0.3) is 44.1 Å². The molecule has 114 valence electrons. The molecule has 0 unspecified atom stereocenters. The molecule has 0 atom stereocenters. The van der Waals surface area contributed by atoms with Gasteiger partial charge in [0.15, 0.2) is 5.58 Å². The highest BCUT2D eigenvalue weighted by atomic mass is 35.5. The van der Waals surface area contributed by atoms with Crippen LogP contribution in [0.2, 0.25) is 5.02 Å². The standard InChI is InChI=1S/C21H12ClNO/c22-18-12-6-5-11-17(18)21-23-19-15-9-3-1-7-13(15)14-8-2-4-10-16(14)20(19)24-21/h1-12H. The molecule has 0 saturated heterocycles. The maximum absolute atomic E-state index is 6.32. The molecule has 0 N–H and O–H groups in total. The molecule has 4 aromatic carbocycles. The fraction of sp³-hybridized carbons (Fsp3) is 0. The van der Waals surface area contributed by atoms with Crippen LogP contribution in [0.1, 0.15) is 0 Å². The second-order valence-corrected chi connectivity index (χ2v) is 6.17. The first-order chi connectivity index (χ1) is 11.8. The third kappa shape index (κ3) is 1.87. The highest BCUT2D eigenvalue weighted by molar-refractivity contribution is 6.33. The molecular formula is C21H12ClNO. The Bertz CT molecular complexity index is 1150. The van der Waals surface area contributed by atoms with Crippen molar-refractivity contribution in [2.75, 3.05) is 0 Å². The number of nitrogens with zero attached hydrogens (tertiary/aromatic N) is 1. The lowest BCUT2D eigenvalue weighted by molar-refractivity contribution is 0.623. The van der Waals surface area contributed by atoms with Gasteiger partial charge in [-0.25, -0.2) is 4.98 Å². The van der Waals surface area contributed by atoms with E-state index in [9.17, 15) is 0 Å². The summed E-state index contributed by atoms with van der Waals surface area (Å²) in [6.45, 7) is 0. The quantitative estimate of drug-likeness (QED) is 0.330. The summed E-state index contributed by atoms with van der Waals surface area (Å²) in [5, 5.41) is 5.14. The van der Waals surface area contributed by atoms with Gasteiger partial charge < -0.3 is 4.42 Å². The largest absolute Gasteiger partial charge is 0.435 e. The van der Waals surface area contributed by atoms with Crippen molar-refractivity contribution in [2.24, 2.45) is 0 Å². The van der Waals surface area contributed by atoms with E-state index in [1.165, 1.54) is 10.8 Å². The lowest BCUT2D eigenvalue weighted by Gasteiger charge is -2.04. The molecular weight excluding hydrogens is 318 g/mol. The molecule has 0 bridgehead atoms. The van der Waals surface area contributed by atoms with Crippen molar-refractivity contribution in [1.29, 1.82) is 0 Å². The van der Waals surface area contributed by atoms with Gasteiger partial charge in [-0.05, 0) is 22.9 Å². The monoisotopic (exact) mass is 329 g/mol. The average Bonchev–Trinajstić information content (AvgIpc) is 3.08. The summed E-state index contributed by atoms with van der Waals surface area (Å²) < 4.78 is 6.16. The third-order valence-electron chi connectivity index (χ3n) is 4.38. The van der Waals surface area contributed by atoms with Gasteiger partial charge in [0.05, 0.1) is 10.6 Å². The van der Waals surface area contributed by atoms with Crippen molar-refractivity contribution in [3.8, 4) is 11.5 Å². The van der Waals surface area contributed by atoms with Crippen LogP contribution in [-0.2, 0) is 0 Å². The summed E-state index contributed by atoms with van der Waals surface area (Å²) in [5.41, 5.74) is 2.49. The van der Waals surface area contributed by atoms with Crippen molar-refractivity contribution in [1.82, 2.24) is 4.98 Å². The molecule has 0 spiro atoms. The molecule has 0 radical (unpaired) electrons. The van der Waals surface area contributed by atoms with Crippen molar-refractivity contribution in [3.05, 3.63) is 77.8 Å². The van der Waals surface area contributed by atoms with E-state index in [2.05, 4.69) is 30.3 Å². The van der Waals surface area contributed by atoms with Crippen LogP contribution >= 0.6 is 11.6 Å². The van der Waals surface area contributed by atoms with Crippen LogP contribution in [0.15, 0.2) is 77.2 Å². The highest BCUT2D eigenvalue weighted by Crippen LogP contribution is 2.38. The number of oxazole rings is 1. The number of benzene rings is 4. The van der Waals surface area contributed by atoms with Crippen LogP contribution < -0.4 is 0 Å². The number of rotatable bonds is 1. The van der Waals surface area contributed by atoms with E-state index in [4.69, 9.17) is 21.0 Å².